The third-order valence-corrected chi connectivity index (χ3v) is 6.19. The molecule has 2 heterocycles. The Bertz CT molecular complexity index is 1150. The molecule has 3 rings (SSSR count). The van der Waals surface area contributed by atoms with E-state index in [0.29, 0.717) is 17.7 Å². The molecule has 29 heavy (non-hydrogen) atoms. The number of sulfone groups is 1. The number of hydrogen-bond donors (Lipinski definition) is 0. The monoisotopic (exact) mass is 413 g/mol. The minimum Gasteiger partial charge on any atom is -0.315 e. The van der Waals surface area contributed by atoms with Crippen LogP contribution in [0.4, 0.5) is 5.82 Å². The molecule has 10 heteroatoms. The first-order chi connectivity index (χ1) is 14.0. The lowest BCUT2D eigenvalue weighted by molar-refractivity contribution is 0.571. The molecule has 3 aromatic rings. The zero-order valence-corrected chi connectivity index (χ0v) is 17.3. The predicted octanol–water partition coefficient (Wildman–Crippen LogP) is 4.88. The maximum absolute atomic E-state index is 13.0. The van der Waals surface area contributed by atoms with Crippen LogP contribution in [0.5, 0.6) is 0 Å². The van der Waals surface area contributed by atoms with Crippen LogP contribution < -0.4 is 0 Å². The van der Waals surface area contributed by atoms with Gasteiger partial charge in [-0.2, -0.15) is 4.98 Å². The van der Waals surface area contributed by atoms with Crippen molar-refractivity contribution in [2.75, 3.05) is 0 Å². The van der Waals surface area contributed by atoms with Gasteiger partial charge in [0.05, 0.1) is 11.2 Å². The Balaban J connectivity index is 2.02. The van der Waals surface area contributed by atoms with E-state index < -0.39 is 15.0 Å². The molecule has 0 aliphatic heterocycles. The summed E-state index contributed by atoms with van der Waals surface area (Å²) in [5, 5.41) is 3.14. The molecule has 0 unspecified atom stereocenters. The second kappa shape index (κ2) is 9.02. The number of azide groups is 1. The van der Waals surface area contributed by atoms with Gasteiger partial charge in [-0.3, -0.25) is 0 Å². The number of aryl methyl sites for hydroxylation is 2. The summed E-state index contributed by atoms with van der Waals surface area (Å²) in [6.07, 6.45) is 7.07. The van der Waals surface area contributed by atoms with Crippen LogP contribution in [0.3, 0.4) is 0 Å². The number of nitrogens with zero attached hydrogens (tertiary/aromatic N) is 7. The van der Waals surface area contributed by atoms with Crippen molar-refractivity contribution in [3.05, 3.63) is 46.6 Å². The van der Waals surface area contributed by atoms with E-state index in [0.717, 1.165) is 31.2 Å². The Morgan fingerprint density at radius 1 is 1.10 bits per heavy atom. The van der Waals surface area contributed by atoms with Crippen LogP contribution in [-0.4, -0.2) is 27.9 Å². The van der Waals surface area contributed by atoms with Crippen molar-refractivity contribution in [3.8, 4) is 0 Å². The van der Waals surface area contributed by atoms with E-state index in [1.807, 2.05) is 6.92 Å². The Hall–Kier alpha value is -2.97. The minimum absolute atomic E-state index is 0.0833. The van der Waals surface area contributed by atoms with Crippen molar-refractivity contribution in [1.82, 2.24) is 19.5 Å². The van der Waals surface area contributed by atoms with E-state index in [9.17, 15) is 8.42 Å². The Labute approximate surface area is 169 Å². The normalized spacial score (nSPS) is 11.5. The molecule has 0 N–H and O–H groups in total. The smallest absolute Gasteiger partial charge is 0.254 e. The summed E-state index contributed by atoms with van der Waals surface area (Å²) in [5.74, 6) is -0.0899. The molecule has 0 radical (unpaired) electrons. The fraction of sp³-hybridized carbons (Fsp3) is 0.421. The van der Waals surface area contributed by atoms with Crippen molar-refractivity contribution >= 4 is 26.8 Å². The zero-order chi connectivity index (χ0) is 20.9. The van der Waals surface area contributed by atoms with Gasteiger partial charge in [-0.15, -0.1) is 0 Å². The van der Waals surface area contributed by atoms with Crippen molar-refractivity contribution in [2.24, 2.45) is 5.11 Å². The Morgan fingerprint density at radius 2 is 1.83 bits per heavy atom. The quantitative estimate of drug-likeness (QED) is 0.162. The van der Waals surface area contributed by atoms with Gasteiger partial charge in [0.25, 0.3) is 5.16 Å². The Morgan fingerprint density at radius 3 is 2.52 bits per heavy atom. The highest BCUT2D eigenvalue weighted by Gasteiger charge is 2.24. The molecule has 0 atom stereocenters. The standard InChI is InChI=1S/C19H23N7O2S/c1-3-4-5-6-7-12-26-13-21-16-17(24-25-20)22-19(23-18(16)26)29(27,28)15-10-8-14(2)9-11-15/h8-11,13H,3-7,12H2,1-2H3. The van der Waals surface area contributed by atoms with Gasteiger partial charge in [0.2, 0.25) is 9.84 Å². The minimum atomic E-state index is -3.96. The van der Waals surface area contributed by atoms with Gasteiger partial charge >= 0.3 is 0 Å². The van der Waals surface area contributed by atoms with Gasteiger partial charge < -0.3 is 4.57 Å². The third-order valence-electron chi connectivity index (χ3n) is 4.64. The highest BCUT2D eigenvalue weighted by molar-refractivity contribution is 7.91. The molecule has 152 valence electrons. The molecule has 0 fully saturated rings. The van der Waals surface area contributed by atoms with Crippen LogP contribution in [0.25, 0.3) is 21.6 Å². The molecule has 1 aromatic carbocycles. The average Bonchev–Trinajstić information content (AvgIpc) is 3.12. The van der Waals surface area contributed by atoms with Gasteiger partial charge in [-0.05, 0) is 36.1 Å². The van der Waals surface area contributed by atoms with E-state index in [1.165, 1.54) is 18.6 Å². The first kappa shape index (κ1) is 20.8. The summed E-state index contributed by atoms with van der Waals surface area (Å²) in [6.45, 7) is 4.68. The van der Waals surface area contributed by atoms with E-state index in [1.54, 1.807) is 23.0 Å². The van der Waals surface area contributed by atoms with Crippen molar-refractivity contribution < 1.29 is 8.42 Å². The summed E-state index contributed by atoms with van der Waals surface area (Å²) in [7, 11) is -3.96. The summed E-state index contributed by atoms with van der Waals surface area (Å²) in [5.41, 5.74) is 10.4. The van der Waals surface area contributed by atoms with Crippen LogP contribution in [-0.2, 0) is 16.4 Å². The van der Waals surface area contributed by atoms with Crippen LogP contribution in [0.15, 0.2) is 45.8 Å². The summed E-state index contributed by atoms with van der Waals surface area (Å²) in [6, 6.07) is 6.44. The predicted molar refractivity (Wildman–Crippen MR) is 110 cm³/mol. The van der Waals surface area contributed by atoms with Gasteiger partial charge in [0.1, 0.15) is 5.52 Å². The maximum atomic E-state index is 13.0. The second-order valence-electron chi connectivity index (χ2n) is 6.86. The number of benzene rings is 1. The molecular formula is C19H23N7O2S. The lowest BCUT2D eigenvalue weighted by Gasteiger charge is -2.07. The molecule has 0 aliphatic carbocycles. The summed E-state index contributed by atoms with van der Waals surface area (Å²) >= 11 is 0. The van der Waals surface area contributed by atoms with Crippen molar-refractivity contribution in [3.63, 3.8) is 0 Å². The molecule has 0 spiro atoms. The van der Waals surface area contributed by atoms with E-state index >= 15 is 0 Å². The van der Waals surface area contributed by atoms with Crippen LogP contribution in [0.2, 0.25) is 0 Å². The van der Waals surface area contributed by atoms with Crippen LogP contribution in [0, 0.1) is 6.92 Å². The number of unbranched alkanes of at least 4 members (excludes halogenated alkanes) is 4. The van der Waals surface area contributed by atoms with Crippen molar-refractivity contribution in [1.29, 1.82) is 0 Å². The fourth-order valence-electron chi connectivity index (χ4n) is 3.01. The molecule has 9 nitrogen and oxygen atoms in total. The fourth-order valence-corrected chi connectivity index (χ4v) is 4.13. The third kappa shape index (κ3) is 4.55. The SMILES string of the molecule is CCCCCCCn1cnc2c(N=[N+]=[N-])nc(S(=O)(=O)c3ccc(C)cc3)nc21. The first-order valence-electron chi connectivity index (χ1n) is 9.57. The molecular weight excluding hydrogens is 390 g/mol. The molecule has 0 saturated carbocycles. The van der Waals surface area contributed by atoms with E-state index in [2.05, 4.69) is 31.9 Å². The molecule has 2 aromatic heterocycles. The number of aromatic nitrogens is 4. The molecule has 0 bridgehead atoms. The van der Waals surface area contributed by atoms with Gasteiger partial charge in [-0.1, -0.05) is 50.3 Å². The number of rotatable bonds is 9. The largest absolute Gasteiger partial charge is 0.315 e. The lowest BCUT2D eigenvalue weighted by atomic mass is 10.1. The second-order valence-corrected chi connectivity index (χ2v) is 8.70. The van der Waals surface area contributed by atoms with Crippen molar-refractivity contribution in [2.45, 2.75) is 62.5 Å². The van der Waals surface area contributed by atoms with Gasteiger partial charge in [-0.25, -0.2) is 18.4 Å². The maximum Gasteiger partial charge on any atom is 0.254 e. The summed E-state index contributed by atoms with van der Waals surface area (Å²) in [4.78, 5) is 15.4. The van der Waals surface area contributed by atoms with Gasteiger partial charge in [0, 0.05) is 11.5 Å². The molecule has 0 aliphatic rings. The van der Waals surface area contributed by atoms with Crippen LogP contribution >= 0.6 is 0 Å². The Kier molecular flexibility index (Phi) is 6.46. The number of hydrogen-bond acceptors (Lipinski definition) is 6. The van der Waals surface area contributed by atoms with E-state index in [-0.39, 0.29) is 10.7 Å². The molecule has 0 saturated heterocycles. The van der Waals surface area contributed by atoms with Gasteiger partial charge in [0.15, 0.2) is 11.5 Å². The first-order valence-corrected chi connectivity index (χ1v) is 11.1. The topological polar surface area (TPSA) is 126 Å². The highest BCUT2D eigenvalue weighted by atomic mass is 32.2. The highest BCUT2D eigenvalue weighted by Crippen LogP contribution is 2.26. The number of imidazole rings is 1. The summed E-state index contributed by atoms with van der Waals surface area (Å²) < 4.78 is 27.8. The molecule has 0 amide bonds. The zero-order valence-electron chi connectivity index (χ0n) is 16.5. The van der Waals surface area contributed by atoms with Crippen LogP contribution in [0.1, 0.15) is 44.6 Å². The van der Waals surface area contributed by atoms with E-state index in [4.69, 9.17) is 5.53 Å². The lowest BCUT2D eigenvalue weighted by Crippen LogP contribution is -2.09. The number of fused-ring (bicyclic) bond motifs is 1. The average molecular weight is 414 g/mol.